The van der Waals surface area contributed by atoms with Gasteiger partial charge in [-0.15, -0.1) is 5.10 Å². The molecule has 1 aromatic carbocycles. The monoisotopic (exact) mass is 640 g/mol. The number of halogens is 6. The summed E-state index contributed by atoms with van der Waals surface area (Å²) in [4.78, 5) is 34.0. The van der Waals surface area contributed by atoms with Crippen molar-refractivity contribution in [3.8, 4) is 5.69 Å². The largest absolute Gasteiger partial charge is 0.490 e. The number of aliphatic carboxylic acids is 2. The van der Waals surface area contributed by atoms with Gasteiger partial charge in [-0.2, -0.15) is 26.3 Å². The molecule has 1 aromatic heterocycles. The highest BCUT2D eigenvalue weighted by atomic mass is 19.4. The van der Waals surface area contributed by atoms with Crippen LogP contribution in [0.25, 0.3) is 5.69 Å². The van der Waals surface area contributed by atoms with Crippen LogP contribution in [0.5, 0.6) is 0 Å². The van der Waals surface area contributed by atoms with Crippen molar-refractivity contribution in [1.82, 2.24) is 30.1 Å². The lowest BCUT2D eigenvalue weighted by molar-refractivity contribution is -0.193. The summed E-state index contributed by atoms with van der Waals surface area (Å²) in [7, 11) is 3.60. The number of benzene rings is 1. The van der Waals surface area contributed by atoms with Gasteiger partial charge in [-0.1, -0.05) is 30.2 Å². The molecule has 2 aromatic rings. The second-order valence-corrected chi connectivity index (χ2v) is 10.2. The average Bonchev–Trinajstić information content (AvgIpc) is 3.48. The van der Waals surface area contributed by atoms with Gasteiger partial charge < -0.3 is 25.2 Å². The number of amides is 1. The van der Waals surface area contributed by atoms with Crippen molar-refractivity contribution < 1.29 is 55.7 Å². The number of alkyl halides is 6. The van der Waals surface area contributed by atoms with E-state index in [0.29, 0.717) is 6.54 Å². The van der Waals surface area contributed by atoms with Crippen LogP contribution in [-0.2, 0) is 25.7 Å². The number of carbonyl (C=O) groups is 3. The smallest absolute Gasteiger partial charge is 0.475 e. The number of hydrogen-bond donors (Lipinski definition) is 3. The van der Waals surface area contributed by atoms with Crippen LogP contribution in [0, 0.1) is 0 Å². The van der Waals surface area contributed by atoms with Gasteiger partial charge in [0.1, 0.15) is 0 Å². The third kappa shape index (κ3) is 11.4. The van der Waals surface area contributed by atoms with E-state index < -0.39 is 24.3 Å². The number of ether oxygens (including phenoxy) is 1. The highest BCUT2D eigenvalue weighted by Crippen LogP contribution is 2.35. The van der Waals surface area contributed by atoms with Crippen LogP contribution in [0.3, 0.4) is 0 Å². The fourth-order valence-electron chi connectivity index (χ4n) is 4.60. The molecule has 2 heterocycles. The number of nitrogens with zero attached hydrogens (tertiary/aromatic N) is 5. The van der Waals surface area contributed by atoms with Crippen molar-refractivity contribution in [2.45, 2.75) is 56.2 Å². The van der Waals surface area contributed by atoms with Crippen LogP contribution in [0.15, 0.2) is 36.7 Å². The van der Waals surface area contributed by atoms with Gasteiger partial charge in [0.2, 0.25) is 5.91 Å². The van der Waals surface area contributed by atoms with Crippen molar-refractivity contribution in [2.24, 2.45) is 0 Å². The second-order valence-electron chi connectivity index (χ2n) is 10.2. The predicted octanol–water partition coefficient (Wildman–Crippen LogP) is 2.73. The molecule has 1 saturated carbocycles. The highest BCUT2D eigenvalue weighted by molar-refractivity contribution is 5.77. The normalized spacial score (nSPS) is 20.5. The van der Waals surface area contributed by atoms with E-state index in [4.69, 9.17) is 24.5 Å². The molecule has 1 aliphatic carbocycles. The van der Waals surface area contributed by atoms with E-state index in [1.807, 2.05) is 6.20 Å². The van der Waals surface area contributed by atoms with E-state index in [2.05, 4.69) is 44.8 Å². The number of morpholine rings is 1. The molecular formula is C26H34F6N6O6. The Morgan fingerprint density at radius 3 is 2.14 bits per heavy atom. The first-order chi connectivity index (χ1) is 20.4. The number of hydrogen-bond acceptors (Lipinski definition) is 8. The first-order valence-electron chi connectivity index (χ1n) is 13.3. The number of rotatable bonds is 6. The minimum absolute atomic E-state index is 0.107. The Hall–Kier alpha value is -3.77. The fraction of sp³-hybridized carbons (Fsp3) is 0.577. The SMILES string of the molecule is CN(C)C(=O)CNC1CCCCC12CN(Cc1ccc(-n3ccnn3)cc1)CCO2.O=C(O)C(F)(F)F.O=C(O)C(F)(F)F. The lowest BCUT2D eigenvalue weighted by Crippen LogP contribution is -2.63. The number of carboxylic acid groups (broad SMARTS) is 2. The fourth-order valence-corrected chi connectivity index (χ4v) is 4.60. The molecule has 246 valence electrons. The molecule has 2 fully saturated rings. The topological polar surface area (TPSA) is 150 Å². The van der Waals surface area contributed by atoms with Crippen molar-refractivity contribution >= 4 is 17.8 Å². The Morgan fingerprint density at radius 1 is 1.05 bits per heavy atom. The molecule has 2 aliphatic rings. The average molecular weight is 641 g/mol. The lowest BCUT2D eigenvalue weighted by Gasteiger charge is -2.50. The second kappa shape index (κ2) is 15.8. The molecule has 1 aliphatic heterocycles. The molecule has 44 heavy (non-hydrogen) atoms. The third-order valence-electron chi connectivity index (χ3n) is 6.78. The first kappa shape index (κ1) is 36.4. The summed E-state index contributed by atoms with van der Waals surface area (Å²) >= 11 is 0. The molecular weight excluding hydrogens is 606 g/mol. The number of aromatic nitrogens is 3. The Morgan fingerprint density at radius 2 is 1.64 bits per heavy atom. The van der Waals surface area contributed by atoms with E-state index in [9.17, 15) is 31.1 Å². The van der Waals surface area contributed by atoms with Crippen LogP contribution >= 0.6 is 0 Å². The molecule has 0 bridgehead atoms. The molecule has 2 unspecified atom stereocenters. The molecule has 1 spiro atoms. The van der Waals surface area contributed by atoms with Crippen LogP contribution in [0.1, 0.15) is 31.2 Å². The van der Waals surface area contributed by atoms with Gasteiger partial charge in [0.05, 0.1) is 36.8 Å². The van der Waals surface area contributed by atoms with E-state index in [1.54, 1.807) is 29.9 Å². The minimum atomic E-state index is -5.08. The predicted molar refractivity (Wildman–Crippen MR) is 142 cm³/mol. The minimum Gasteiger partial charge on any atom is -0.475 e. The van der Waals surface area contributed by atoms with E-state index in [0.717, 1.165) is 44.8 Å². The van der Waals surface area contributed by atoms with Crippen molar-refractivity contribution in [2.75, 3.05) is 40.3 Å². The Balaban J connectivity index is 0.000000402. The number of likely N-dealkylation sites (N-methyl/N-ethyl adjacent to an activating group) is 1. The standard InChI is InChI=1S/C22H32N6O2.2C2HF3O2/c1-26(2)21(29)15-23-20-5-3-4-10-22(20)17-27(13-14-30-22)16-18-6-8-19(9-7-18)28-12-11-24-25-28;2*3-2(4,5)1(6)7/h6-9,11-12,20,23H,3-5,10,13-17H2,1-2H3;2*(H,6,7). The van der Waals surface area contributed by atoms with Gasteiger partial charge in [-0.3, -0.25) is 9.69 Å². The number of carboxylic acids is 2. The summed E-state index contributed by atoms with van der Waals surface area (Å²) < 4.78 is 71.6. The molecule has 4 rings (SSSR count). The van der Waals surface area contributed by atoms with Gasteiger partial charge in [-0.05, 0) is 30.5 Å². The first-order valence-corrected chi connectivity index (χ1v) is 13.3. The van der Waals surface area contributed by atoms with Crippen LogP contribution < -0.4 is 5.32 Å². The molecule has 0 radical (unpaired) electrons. The summed E-state index contributed by atoms with van der Waals surface area (Å²) in [5.74, 6) is -5.41. The summed E-state index contributed by atoms with van der Waals surface area (Å²) in [5, 5.41) is 25.7. The summed E-state index contributed by atoms with van der Waals surface area (Å²) in [5.41, 5.74) is 2.08. The summed E-state index contributed by atoms with van der Waals surface area (Å²) in [6.45, 7) is 3.82. The van der Waals surface area contributed by atoms with Crippen molar-refractivity contribution in [3.63, 3.8) is 0 Å². The van der Waals surface area contributed by atoms with Crippen molar-refractivity contribution in [3.05, 3.63) is 42.2 Å². The van der Waals surface area contributed by atoms with Gasteiger partial charge >= 0.3 is 24.3 Å². The molecule has 1 saturated heterocycles. The maximum absolute atomic E-state index is 12.1. The number of nitrogens with one attached hydrogen (secondary N) is 1. The zero-order valence-corrected chi connectivity index (χ0v) is 23.9. The van der Waals surface area contributed by atoms with Crippen molar-refractivity contribution in [1.29, 1.82) is 0 Å². The quantitative estimate of drug-likeness (QED) is 0.403. The Bertz CT molecular complexity index is 1180. The highest BCUT2D eigenvalue weighted by Gasteiger charge is 2.45. The third-order valence-corrected chi connectivity index (χ3v) is 6.78. The summed E-state index contributed by atoms with van der Waals surface area (Å²) in [6.07, 6.45) is -2.17. The molecule has 1 amide bonds. The van der Waals surface area contributed by atoms with E-state index in [1.165, 1.54) is 18.4 Å². The Labute approximate surface area is 248 Å². The molecule has 12 nitrogen and oxygen atoms in total. The zero-order valence-electron chi connectivity index (χ0n) is 23.9. The Kier molecular flexibility index (Phi) is 13.1. The van der Waals surface area contributed by atoms with Gasteiger partial charge in [-0.25, -0.2) is 14.3 Å². The maximum Gasteiger partial charge on any atom is 0.490 e. The molecule has 2 atom stereocenters. The molecule has 18 heteroatoms. The summed E-state index contributed by atoms with van der Waals surface area (Å²) in [6, 6.07) is 8.69. The lowest BCUT2D eigenvalue weighted by atomic mass is 9.78. The van der Waals surface area contributed by atoms with Gasteiger partial charge in [0.25, 0.3) is 0 Å². The molecule has 3 N–H and O–H groups in total. The van der Waals surface area contributed by atoms with Crippen LogP contribution in [0.2, 0.25) is 0 Å². The maximum atomic E-state index is 12.1. The van der Waals surface area contributed by atoms with Crippen LogP contribution in [0.4, 0.5) is 26.3 Å². The van der Waals surface area contributed by atoms with E-state index in [-0.39, 0.29) is 17.6 Å². The van der Waals surface area contributed by atoms with Gasteiger partial charge in [0.15, 0.2) is 0 Å². The van der Waals surface area contributed by atoms with Crippen LogP contribution in [-0.4, -0.2) is 117 Å². The van der Waals surface area contributed by atoms with Gasteiger partial charge in [0, 0.05) is 39.8 Å². The zero-order chi connectivity index (χ0) is 33.1. The van der Waals surface area contributed by atoms with E-state index >= 15 is 0 Å². The number of carbonyl (C=O) groups excluding carboxylic acids is 1.